The SMILES string of the molecule is Cc1c(C(=O)Nc2ccc(N3CCc4sccc4C3)cc2)oc2ccc(F)cc12. The van der Waals surface area contributed by atoms with Gasteiger partial charge in [0.25, 0.3) is 5.91 Å². The fourth-order valence-corrected chi connectivity index (χ4v) is 4.71. The van der Waals surface area contributed by atoms with Crippen molar-refractivity contribution >= 4 is 39.6 Å². The topological polar surface area (TPSA) is 45.5 Å². The lowest BCUT2D eigenvalue weighted by atomic mass is 10.1. The number of carbonyl (C=O) groups is 1. The van der Waals surface area contributed by atoms with Crippen molar-refractivity contribution in [2.45, 2.75) is 19.9 Å². The Hall–Kier alpha value is -3.12. The van der Waals surface area contributed by atoms with Crippen LogP contribution in [-0.2, 0) is 13.0 Å². The lowest BCUT2D eigenvalue weighted by molar-refractivity contribution is 0.0998. The maximum Gasteiger partial charge on any atom is 0.291 e. The van der Waals surface area contributed by atoms with E-state index in [9.17, 15) is 9.18 Å². The Morgan fingerprint density at radius 2 is 2.00 bits per heavy atom. The molecule has 0 fully saturated rings. The molecule has 3 heterocycles. The molecule has 4 aromatic rings. The highest BCUT2D eigenvalue weighted by atomic mass is 32.1. The lowest BCUT2D eigenvalue weighted by Gasteiger charge is -2.29. The van der Waals surface area contributed by atoms with Crippen LogP contribution in [0.2, 0.25) is 0 Å². The van der Waals surface area contributed by atoms with E-state index in [0.717, 1.165) is 25.2 Å². The fraction of sp³-hybridized carbons (Fsp3) is 0.174. The molecule has 0 atom stereocenters. The summed E-state index contributed by atoms with van der Waals surface area (Å²) in [5.41, 5.74) is 4.36. The number of fused-ring (bicyclic) bond motifs is 2. The average Bonchev–Trinajstić information content (AvgIpc) is 3.32. The molecule has 0 saturated heterocycles. The van der Waals surface area contributed by atoms with Gasteiger partial charge in [-0.15, -0.1) is 11.3 Å². The third kappa shape index (κ3) is 3.29. The van der Waals surface area contributed by atoms with Crippen LogP contribution >= 0.6 is 11.3 Å². The molecule has 0 bridgehead atoms. The van der Waals surface area contributed by atoms with Crippen molar-refractivity contribution in [2.75, 3.05) is 16.8 Å². The molecule has 0 spiro atoms. The van der Waals surface area contributed by atoms with Crippen molar-refractivity contribution in [1.82, 2.24) is 0 Å². The van der Waals surface area contributed by atoms with E-state index in [0.29, 0.717) is 22.2 Å². The normalized spacial score (nSPS) is 13.5. The smallest absolute Gasteiger partial charge is 0.291 e. The van der Waals surface area contributed by atoms with E-state index in [1.807, 2.05) is 35.6 Å². The van der Waals surface area contributed by atoms with Gasteiger partial charge in [0.1, 0.15) is 11.4 Å². The van der Waals surface area contributed by atoms with Gasteiger partial charge in [-0.25, -0.2) is 4.39 Å². The predicted molar refractivity (Wildman–Crippen MR) is 114 cm³/mol. The van der Waals surface area contributed by atoms with Gasteiger partial charge in [-0.2, -0.15) is 0 Å². The lowest BCUT2D eigenvalue weighted by Crippen LogP contribution is -2.29. The van der Waals surface area contributed by atoms with Gasteiger partial charge in [0.05, 0.1) is 0 Å². The van der Waals surface area contributed by atoms with E-state index >= 15 is 0 Å². The number of rotatable bonds is 3. The first-order chi connectivity index (χ1) is 14.1. The Kier molecular flexibility index (Phi) is 4.36. The van der Waals surface area contributed by atoms with Crippen LogP contribution in [0.1, 0.15) is 26.6 Å². The first-order valence-electron chi connectivity index (χ1n) is 9.49. The molecule has 1 aliphatic heterocycles. The highest BCUT2D eigenvalue weighted by Crippen LogP contribution is 2.29. The number of hydrogen-bond acceptors (Lipinski definition) is 4. The molecule has 4 nitrogen and oxygen atoms in total. The standard InChI is InChI=1S/C23H19FN2O2S/c1-14-19-12-16(24)2-7-20(19)28-22(14)23(27)25-17-3-5-18(6-4-17)26-10-8-21-15(13-26)9-11-29-21/h2-7,9,11-12H,8,10,13H2,1H3,(H,25,27). The van der Waals surface area contributed by atoms with Crippen molar-refractivity contribution in [3.05, 3.63) is 81.5 Å². The number of anilines is 2. The number of benzene rings is 2. The van der Waals surface area contributed by atoms with E-state index < -0.39 is 0 Å². The second-order valence-electron chi connectivity index (χ2n) is 7.24. The Bertz CT molecular complexity index is 1210. The monoisotopic (exact) mass is 406 g/mol. The van der Waals surface area contributed by atoms with E-state index in [4.69, 9.17) is 4.42 Å². The van der Waals surface area contributed by atoms with E-state index in [1.165, 1.54) is 22.6 Å². The van der Waals surface area contributed by atoms with Crippen LogP contribution in [0.25, 0.3) is 11.0 Å². The van der Waals surface area contributed by atoms with Crippen LogP contribution < -0.4 is 10.2 Å². The van der Waals surface area contributed by atoms with Gasteiger partial charge in [-0.1, -0.05) is 0 Å². The minimum absolute atomic E-state index is 0.204. The summed E-state index contributed by atoms with van der Waals surface area (Å²) in [4.78, 5) is 16.5. The number of aryl methyl sites for hydroxylation is 1. The predicted octanol–water partition coefficient (Wildman–Crippen LogP) is 5.76. The molecule has 0 unspecified atom stereocenters. The van der Waals surface area contributed by atoms with Crippen LogP contribution in [0.4, 0.5) is 15.8 Å². The van der Waals surface area contributed by atoms with E-state index in [1.54, 1.807) is 13.0 Å². The highest BCUT2D eigenvalue weighted by molar-refractivity contribution is 7.10. The minimum atomic E-state index is -0.351. The van der Waals surface area contributed by atoms with Crippen molar-refractivity contribution < 1.29 is 13.6 Å². The number of nitrogens with one attached hydrogen (secondary N) is 1. The van der Waals surface area contributed by atoms with Crippen LogP contribution in [-0.4, -0.2) is 12.5 Å². The zero-order valence-electron chi connectivity index (χ0n) is 15.9. The first kappa shape index (κ1) is 17.9. The van der Waals surface area contributed by atoms with Gasteiger partial charge in [0.15, 0.2) is 5.76 Å². The maximum atomic E-state index is 13.5. The van der Waals surface area contributed by atoms with Crippen LogP contribution in [0.15, 0.2) is 58.3 Å². The van der Waals surface area contributed by atoms with Gasteiger partial charge in [0, 0.05) is 40.3 Å². The van der Waals surface area contributed by atoms with Crippen LogP contribution in [0.5, 0.6) is 0 Å². The molecule has 2 aromatic heterocycles. The third-order valence-electron chi connectivity index (χ3n) is 5.40. The molecule has 1 aliphatic rings. The molecule has 5 rings (SSSR count). The van der Waals surface area contributed by atoms with E-state index in [2.05, 4.69) is 21.7 Å². The summed E-state index contributed by atoms with van der Waals surface area (Å²) in [7, 11) is 0. The zero-order chi connectivity index (χ0) is 20.0. The molecular formula is C23H19FN2O2S. The van der Waals surface area contributed by atoms with Crippen LogP contribution in [0.3, 0.4) is 0 Å². The second-order valence-corrected chi connectivity index (χ2v) is 8.24. The van der Waals surface area contributed by atoms with Crippen molar-refractivity contribution in [3.63, 3.8) is 0 Å². The number of carbonyl (C=O) groups excluding carboxylic acids is 1. The summed E-state index contributed by atoms with van der Waals surface area (Å²) in [6.45, 7) is 3.67. The molecule has 29 heavy (non-hydrogen) atoms. The van der Waals surface area contributed by atoms with Gasteiger partial charge in [-0.3, -0.25) is 4.79 Å². The summed E-state index contributed by atoms with van der Waals surface area (Å²) in [6, 6.07) is 14.3. The molecule has 6 heteroatoms. The number of halogens is 1. The molecule has 0 aliphatic carbocycles. The molecule has 0 radical (unpaired) electrons. The number of nitrogens with zero attached hydrogens (tertiary/aromatic N) is 1. The van der Waals surface area contributed by atoms with Gasteiger partial charge >= 0.3 is 0 Å². The highest BCUT2D eigenvalue weighted by Gasteiger charge is 2.19. The molecular weight excluding hydrogens is 387 g/mol. The number of amides is 1. The summed E-state index contributed by atoms with van der Waals surface area (Å²) in [6.07, 6.45) is 1.07. The molecule has 0 saturated carbocycles. The molecule has 1 N–H and O–H groups in total. The largest absolute Gasteiger partial charge is 0.451 e. The fourth-order valence-electron chi connectivity index (χ4n) is 3.82. The van der Waals surface area contributed by atoms with Crippen molar-refractivity contribution in [2.24, 2.45) is 0 Å². The summed E-state index contributed by atoms with van der Waals surface area (Å²) in [5.74, 6) is -0.486. The molecule has 146 valence electrons. The Morgan fingerprint density at radius 1 is 1.17 bits per heavy atom. The Labute approximate surface area is 171 Å². The summed E-state index contributed by atoms with van der Waals surface area (Å²) >= 11 is 1.83. The van der Waals surface area contributed by atoms with E-state index in [-0.39, 0.29) is 17.5 Å². The molecule has 1 amide bonds. The second kappa shape index (κ2) is 7.04. The number of thiophene rings is 1. The van der Waals surface area contributed by atoms with Crippen molar-refractivity contribution in [1.29, 1.82) is 0 Å². The van der Waals surface area contributed by atoms with Crippen molar-refractivity contribution in [3.8, 4) is 0 Å². The van der Waals surface area contributed by atoms with Crippen LogP contribution in [0, 0.1) is 12.7 Å². The number of hydrogen-bond donors (Lipinski definition) is 1. The first-order valence-corrected chi connectivity index (χ1v) is 10.4. The third-order valence-corrected chi connectivity index (χ3v) is 6.43. The van der Waals surface area contributed by atoms with Gasteiger partial charge < -0.3 is 14.6 Å². The number of furan rings is 1. The maximum absolute atomic E-state index is 13.5. The van der Waals surface area contributed by atoms with Gasteiger partial charge in [0.2, 0.25) is 0 Å². The Balaban J connectivity index is 1.32. The average molecular weight is 406 g/mol. The minimum Gasteiger partial charge on any atom is -0.451 e. The Morgan fingerprint density at radius 3 is 2.83 bits per heavy atom. The summed E-state index contributed by atoms with van der Waals surface area (Å²) < 4.78 is 19.1. The summed E-state index contributed by atoms with van der Waals surface area (Å²) in [5, 5.41) is 5.64. The quantitative estimate of drug-likeness (QED) is 0.471. The zero-order valence-corrected chi connectivity index (χ0v) is 16.7. The molecule has 2 aromatic carbocycles. The van der Waals surface area contributed by atoms with Gasteiger partial charge in [-0.05, 0) is 72.8 Å².